The molecule has 0 radical (unpaired) electrons. The summed E-state index contributed by atoms with van der Waals surface area (Å²) in [6.45, 7) is 4.21. The molecule has 0 aliphatic rings. The minimum Gasteiger partial charge on any atom is -0.494 e. The van der Waals surface area contributed by atoms with Gasteiger partial charge in [-0.05, 0) is 55.7 Å². The molecular weight excluding hydrogens is 420 g/mol. The average Bonchev–Trinajstić information content (AvgIpc) is 2.74. The van der Waals surface area contributed by atoms with Crippen LogP contribution in [0.2, 0.25) is 0 Å². The Morgan fingerprint density at radius 2 is 1.71 bits per heavy atom. The molecule has 0 atom stereocenters. The number of hydrogen-bond acceptors (Lipinski definition) is 6. The number of carbonyl (C=O) groups is 2. The van der Waals surface area contributed by atoms with Crippen molar-refractivity contribution >= 4 is 21.9 Å². The van der Waals surface area contributed by atoms with E-state index in [2.05, 4.69) is 10.0 Å². The highest BCUT2D eigenvalue weighted by Gasteiger charge is 2.15. The SMILES string of the molecule is CCOc1ccc(S(=O)(=O)NCCC(=O)OCC(=O)NCCc2ccccc2C)cc1. The summed E-state index contributed by atoms with van der Waals surface area (Å²) >= 11 is 0. The van der Waals surface area contributed by atoms with Gasteiger partial charge in [-0.3, -0.25) is 9.59 Å². The third-order valence-electron chi connectivity index (χ3n) is 4.41. The largest absolute Gasteiger partial charge is 0.494 e. The van der Waals surface area contributed by atoms with E-state index in [1.165, 1.54) is 12.1 Å². The molecule has 0 spiro atoms. The molecule has 0 unspecified atom stereocenters. The third-order valence-corrected chi connectivity index (χ3v) is 5.89. The smallest absolute Gasteiger partial charge is 0.307 e. The Kier molecular flexibility index (Phi) is 9.48. The van der Waals surface area contributed by atoms with Gasteiger partial charge in [0.05, 0.1) is 17.9 Å². The van der Waals surface area contributed by atoms with Gasteiger partial charge in [-0.2, -0.15) is 0 Å². The third kappa shape index (κ3) is 8.39. The molecule has 31 heavy (non-hydrogen) atoms. The number of hydrogen-bond donors (Lipinski definition) is 2. The second-order valence-corrected chi connectivity index (χ2v) is 8.51. The molecule has 168 valence electrons. The molecule has 8 nitrogen and oxygen atoms in total. The first-order valence-corrected chi connectivity index (χ1v) is 11.5. The molecule has 9 heteroatoms. The van der Waals surface area contributed by atoms with E-state index in [4.69, 9.17) is 9.47 Å². The molecule has 0 saturated carbocycles. The maximum Gasteiger partial charge on any atom is 0.307 e. The number of ether oxygens (including phenoxy) is 2. The van der Waals surface area contributed by atoms with Crippen LogP contribution in [0.25, 0.3) is 0 Å². The van der Waals surface area contributed by atoms with Crippen molar-refractivity contribution in [2.24, 2.45) is 0 Å². The van der Waals surface area contributed by atoms with Crippen LogP contribution in [0.4, 0.5) is 0 Å². The number of sulfonamides is 1. The van der Waals surface area contributed by atoms with Gasteiger partial charge in [0.15, 0.2) is 6.61 Å². The van der Waals surface area contributed by atoms with Gasteiger partial charge in [-0.1, -0.05) is 24.3 Å². The molecular formula is C22H28N2O6S. The fourth-order valence-electron chi connectivity index (χ4n) is 2.75. The summed E-state index contributed by atoms with van der Waals surface area (Å²) in [6, 6.07) is 13.9. The zero-order valence-electron chi connectivity index (χ0n) is 17.7. The van der Waals surface area contributed by atoms with Crippen LogP contribution in [0.1, 0.15) is 24.5 Å². The summed E-state index contributed by atoms with van der Waals surface area (Å²) < 4.78 is 37.0. The Hall–Kier alpha value is -2.91. The van der Waals surface area contributed by atoms with Gasteiger partial charge in [0.1, 0.15) is 5.75 Å². The van der Waals surface area contributed by atoms with Crippen LogP contribution in [0.5, 0.6) is 5.75 Å². The molecule has 0 aliphatic heterocycles. The van der Waals surface area contributed by atoms with E-state index in [1.807, 2.05) is 38.1 Å². The van der Waals surface area contributed by atoms with Crippen LogP contribution in [0.3, 0.4) is 0 Å². The Balaban J connectivity index is 1.65. The number of rotatable bonds is 12. The van der Waals surface area contributed by atoms with Crippen molar-refractivity contribution in [3.8, 4) is 5.75 Å². The van der Waals surface area contributed by atoms with E-state index in [-0.39, 0.29) is 17.9 Å². The normalized spacial score (nSPS) is 11.0. The maximum absolute atomic E-state index is 12.2. The molecule has 0 saturated heterocycles. The summed E-state index contributed by atoms with van der Waals surface area (Å²) in [7, 11) is -3.75. The predicted octanol–water partition coefficient (Wildman–Crippen LogP) is 1.96. The van der Waals surface area contributed by atoms with Crippen LogP contribution in [0, 0.1) is 6.92 Å². The molecule has 0 fully saturated rings. The standard InChI is InChI=1S/C22H28N2O6S/c1-3-29-19-8-10-20(11-9-19)31(27,28)24-15-13-22(26)30-16-21(25)23-14-12-18-7-5-4-6-17(18)2/h4-11,24H,3,12-16H2,1-2H3,(H,23,25). The molecule has 2 aromatic carbocycles. The van der Waals surface area contributed by atoms with Crippen LogP contribution in [-0.2, 0) is 30.8 Å². The second-order valence-electron chi connectivity index (χ2n) is 6.74. The number of nitrogens with one attached hydrogen (secondary N) is 2. The quantitative estimate of drug-likeness (QED) is 0.480. The van der Waals surface area contributed by atoms with Crippen molar-refractivity contribution in [1.29, 1.82) is 0 Å². The lowest BCUT2D eigenvalue weighted by atomic mass is 10.1. The molecule has 0 aliphatic carbocycles. The summed E-state index contributed by atoms with van der Waals surface area (Å²) in [6.07, 6.45) is 0.492. The zero-order chi connectivity index (χ0) is 22.7. The van der Waals surface area contributed by atoms with E-state index in [1.54, 1.807) is 12.1 Å². The minimum atomic E-state index is -3.75. The first kappa shape index (κ1) is 24.4. The van der Waals surface area contributed by atoms with Gasteiger partial charge >= 0.3 is 5.97 Å². The van der Waals surface area contributed by atoms with E-state index < -0.39 is 28.5 Å². The van der Waals surface area contributed by atoms with E-state index in [9.17, 15) is 18.0 Å². The van der Waals surface area contributed by atoms with Gasteiger partial charge < -0.3 is 14.8 Å². The maximum atomic E-state index is 12.2. The lowest BCUT2D eigenvalue weighted by Crippen LogP contribution is -2.31. The summed E-state index contributed by atoms with van der Waals surface area (Å²) in [5.41, 5.74) is 2.29. The van der Waals surface area contributed by atoms with Crippen molar-refractivity contribution in [2.45, 2.75) is 31.6 Å². The molecule has 2 rings (SSSR count). The second kappa shape index (κ2) is 12.1. The first-order valence-electron chi connectivity index (χ1n) is 10.0. The fourth-order valence-corrected chi connectivity index (χ4v) is 3.78. The van der Waals surface area contributed by atoms with Gasteiger partial charge in [-0.15, -0.1) is 0 Å². The average molecular weight is 449 g/mol. The Morgan fingerprint density at radius 1 is 1.00 bits per heavy atom. The topological polar surface area (TPSA) is 111 Å². The van der Waals surface area contributed by atoms with Gasteiger partial charge in [0, 0.05) is 13.1 Å². The van der Waals surface area contributed by atoms with Gasteiger partial charge in [0.25, 0.3) is 5.91 Å². The number of amides is 1. The molecule has 0 aromatic heterocycles. The van der Waals surface area contributed by atoms with Crippen molar-refractivity contribution < 1.29 is 27.5 Å². The highest BCUT2D eigenvalue weighted by molar-refractivity contribution is 7.89. The number of benzene rings is 2. The van der Waals surface area contributed by atoms with E-state index in [0.717, 1.165) is 11.1 Å². The van der Waals surface area contributed by atoms with E-state index >= 15 is 0 Å². The number of aryl methyl sites for hydroxylation is 1. The van der Waals surface area contributed by atoms with Crippen molar-refractivity contribution in [1.82, 2.24) is 10.0 Å². The zero-order valence-corrected chi connectivity index (χ0v) is 18.5. The van der Waals surface area contributed by atoms with Crippen molar-refractivity contribution in [2.75, 3.05) is 26.3 Å². The van der Waals surface area contributed by atoms with Gasteiger partial charge in [0.2, 0.25) is 10.0 Å². The highest BCUT2D eigenvalue weighted by Crippen LogP contribution is 2.15. The van der Waals surface area contributed by atoms with E-state index in [0.29, 0.717) is 25.3 Å². The number of carbonyl (C=O) groups excluding carboxylic acids is 2. The highest BCUT2D eigenvalue weighted by atomic mass is 32.2. The van der Waals surface area contributed by atoms with Gasteiger partial charge in [-0.25, -0.2) is 13.1 Å². The summed E-state index contributed by atoms with van der Waals surface area (Å²) in [4.78, 5) is 23.6. The Bertz CT molecular complexity index is 974. The van der Waals surface area contributed by atoms with Crippen molar-refractivity contribution in [3.63, 3.8) is 0 Å². The molecule has 2 N–H and O–H groups in total. The van der Waals surface area contributed by atoms with Crippen LogP contribution in [-0.4, -0.2) is 46.6 Å². The molecule has 1 amide bonds. The van der Waals surface area contributed by atoms with Crippen LogP contribution < -0.4 is 14.8 Å². The monoisotopic (exact) mass is 448 g/mol. The summed E-state index contributed by atoms with van der Waals surface area (Å²) in [5.74, 6) is -0.498. The lowest BCUT2D eigenvalue weighted by molar-refractivity contribution is -0.148. The number of esters is 1. The van der Waals surface area contributed by atoms with Crippen LogP contribution >= 0.6 is 0 Å². The molecule has 2 aromatic rings. The Morgan fingerprint density at radius 3 is 2.39 bits per heavy atom. The molecule has 0 heterocycles. The summed E-state index contributed by atoms with van der Waals surface area (Å²) in [5, 5.41) is 2.69. The predicted molar refractivity (Wildman–Crippen MR) is 116 cm³/mol. The first-order chi connectivity index (χ1) is 14.8. The van der Waals surface area contributed by atoms with Crippen LogP contribution in [0.15, 0.2) is 53.4 Å². The molecule has 0 bridgehead atoms. The lowest BCUT2D eigenvalue weighted by Gasteiger charge is -2.09. The fraction of sp³-hybridized carbons (Fsp3) is 0.364. The Labute approximate surface area is 183 Å². The minimum absolute atomic E-state index is 0.0670. The van der Waals surface area contributed by atoms with Crippen molar-refractivity contribution in [3.05, 3.63) is 59.7 Å².